The molecule has 3 aromatic rings. The van der Waals surface area contributed by atoms with E-state index in [2.05, 4.69) is 9.97 Å². The number of H-pyrrole nitrogens is 1. The summed E-state index contributed by atoms with van der Waals surface area (Å²) in [7, 11) is 1.73. The molecule has 0 unspecified atom stereocenters. The highest BCUT2D eigenvalue weighted by Crippen LogP contribution is 2.25. The first kappa shape index (κ1) is 12.5. The molecule has 2 aromatic heterocycles. The summed E-state index contributed by atoms with van der Waals surface area (Å²) in [6.07, 6.45) is 3.40. The van der Waals surface area contributed by atoms with Gasteiger partial charge in [-0.15, -0.1) is 0 Å². The van der Waals surface area contributed by atoms with Crippen LogP contribution in [-0.2, 0) is 6.54 Å². The summed E-state index contributed by atoms with van der Waals surface area (Å²) in [5, 5.41) is 0.974. The molecule has 0 aliphatic heterocycles. The third-order valence-electron chi connectivity index (χ3n) is 3.33. The van der Waals surface area contributed by atoms with Crippen LogP contribution in [0.15, 0.2) is 41.1 Å². The number of fused-ring (bicyclic) bond motifs is 1. The van der Waals surface area contributed by atoms with Gasteiger partial charge in [0.1, 0.15) is 11.4 Å². The zero-order valence-corrected chi connectivity index (χ0v) is 11.4. The quantitative estimate of drug-likeness (QED) is 0.795. The topological polar surface area (TPSA) is 62.1 Å². The molecule has 0 saturated carbocycles. The number of amides is 1. The molecule has 0 radical (unpaired) electrons. The molecular formula is C15H15N3O2. The molecule has 20 heavy (non-hydrogen) atoms. The second kappa shape index (κ2) is 4.85. The van der Waals surface area contributed by atoms with Crippen LogP contribution in [0.2, 0.25) is 0 Å². The zero-order chi connectivity index (χ0) is 14.1. The lowest BCUT2D eigenvalue weighted by atomic mass is 10.1. The van der Waals surface area contributed by atoms with Gasteiger partial charge in [0.15, 0.2) is 5.76 Å². The van der Waals surface area contributed by atoms with Crippen molar-refractivity contribution in [1.29, 1.82) is 0 Å². The molecule has 1 aromatic carbocycles. The van der Waals surface area contributed by atoms with Gasteiger partial charge in [-0.05, 0) is 13.0 Å². The summed E-state index contributed by atoms with van der Waals surface area (Å²) in [5.41, 5.74) is 1.61. The number of nitrogens with one attached hydrogen (secondary N) is 1. The Hall–Kier alpha value is -2.56. The molecule has 1 N–H and O–H groups in total. The average Bonchev–Trinajstić information content (AvgIpc) is 3.07. The SMILES string of the molecule is Cc1c(C(=O)N(C)Cc2ncc[nH]2)oc2ccccc12. The van der Waals surface area contributed by atoms with Gasteiger partial charge in [-0.3, -0.25) is 4.79 Å². The van der Waals surface area contributed by atoms with Crippen LogP contribution in [0, 0.1) is 6.92 Å². The summed E-state index contributed by atoms with van der Waals surface area (Å²) < 4.78 is 5.68. The Balaban J connectivity index is 1.90. The molecule has 102 valence electrons. The molecule has 0 aliphatic rings. The maximum absolute atomic E-state index is 12.5. The van der Waals surface area contributed by atoms with Crippen molar-refractivity contribution in [3.8, 4) is 0 Å². The van der Waals surface area contributed by atoms with Crippen LogP contribution in [0.25, 0.3) is 11.0 Å². The predicted octanol–water partition coefficient (Wildman–Crippen LogP) is 2.74. The van der Waals surface area contributed by atoms with Gasteiger partial charge in [0, 0.05) is 30.4 Å². The molecule has 0 fully saturated rings. The smallest absolute Gasteiger partial charge is 0.290 e. The maximum atomic E-state index is 12.5. The van der Waals surface area contributed by atoms with E-state index in [1.807, 2.05) is 31.2 Å². The van der Waals surface area contributed by atoms with Gasteiger partial charge >= 0.3 is 0 Å². The molecule has 0 bridgehead atoms. The van der Waals surface area contributed by atoms with Crippen molar-refractivity contribution in [3.05, 3.63) is 53.8 Å². The second-order valence-electron chi connectivity index (χ2n) is 4.75. The Kier molecular flexibility index (Phi) is 3.02. The standard InChI is InChI=1S/C15H15N3O2/c1-10-11-5-3-4-6-12(11)20-14(10)15(19)18(2)9-13-16-7-8-17-13/h3-8H,9H2,1-2H3,(H,16,17). The fourth-order valence-electron chi connectivity index (χ4n) is 2.23. The highest BCUT2D eigenvalue weighted by atomic mass is 16.3. The molecule has 0 atom stereocenters. The van der Waals surface area contributed by atoms with Crippen LogP contribution in [0.4, 0.5) is 0 Å². The number of hydrogen-bond acceptors (Lipinski definition) is 3. The number of furan rings is 1. The van der Waals surface area contributed by atoms with Crippen molar-refractivity contribution in [2.75, 3.05) is 7.05 Å². The molecule has 0 saturated heterocycles. The highest BCUT2D eigenvalue weighted by Gasteiger charge is 2.21. The minimum atomic E-state index is -0.143. The first-order valence-electron chi connectivity index (χ1n) is 6.38. The molecule has 2 heterocycles. The van der Waals surface area contributed by atoms with E-state index in [-0.39, 0.29) is 5.91 Å². The lowest BCUT2D eigenvalue weighted by Gasteiger charge is -2.14. The van der Waals surface area contributed by atoms with Crippen LogP contribution >= 0.6 is 0 Å². The molecule has 3 rings (SSSR count). The molecule has 5 heteroatoms. The lowest BCUT2D eigenvalue weighted by molar-refractivity contribution is 0.0751. The largest absolute Gasteiger partial charge is 0.451 e. The number of para-hydroxylation sites is 1. The number of carbonyl (C=O) groups is 1. The van der Waals surface area contributed by atoms with E-state index in [9.17, 15) is 4.79 Å². The van der Waals surface area contributed by atoms with Gasteiger partial charge in [-0.25, -0.2) is 4.98 Å². The number of carbonyl (C=O) groups excluding carboxylic acids is 1. The Morgan fingerprint density at radius 1 is 1.40 bits per heavy atom. The summed E-state index contributed by atoms with van der Waals surface area (Å²) in [4.78, 5) is 21.1. The average molecular weight is 269 g/mol. The van der Waals surface area contributed by atoms with Gasteiger partial charge in [-0.2, -0.15) is 0 Å². The Labute approximate surface area is 116 Å². The van der Waals surface area contributed by atoms with Gasteiger partial charge in [-0.1, -0.05) is 18.2 Å². The summed E-state index contributed by atoms with van der Waals surface area (Å²) in [5.74, 6) is 0.991. The van der Waals surface area contributed by atoms with E-state index in [1.54, 1.807) is 24.3 Å². The third-order valence-corrected chi connectivity index (χ3v) is 3.33. The molecular weight excluding hydrogens is 254 g/mol. The first-order valence-corrected chi connectivity index (χ1v) is 6.38. The first-order chi connectivity index (χ1) is 9.66. The Morgan fingerprint density at radius 3 is 2.90 bits per heavy atom. The van der Waals surface area contributed by atoms with Crippen molar-refractivity contribution in [2.45, 2.75) is 13.5 Å². The Bertz CT molecular complexity index is 744. The van der Waals surface area contributed by atoms with Crippen molar-refractivity contribution in [1.82, 2.24) is 14.9 Å². The minimum Gasteiger partial charge on any atom is -0.451 e. The van der Waals surface area contributed by atoms with Crippen LogP contribution in [0.3, 0.4) is 0 Å². The number of nitrogens with zero attached hydrogens (tertiary/aromatic N) is 2. The van der Waals surface area contributed by atoms with Crippen molar-refractivity contribution < 1.29 is 9.21 Å². The monoisotopic (exact) mass is 269 g/mol. The number of aromatic amines is 1. The number of benzene rings is 1. The number of aromatic nitrogens is 2. The van der Waals surface area contributed by atoms with Crippen LogP contribution in [0.5, 0.6) is 0 Å². The number of rotatable bonds is 3. The molecule has 5 nitrogen and oxygen atoms in total. The fourth-order valence-corrected chi connectivity index (χ4v) is 2.23. The van der Waals surface area contributed by atoms with Crippen LogP contribution in [0.1, 0.15) is 21.9 Å². The third kappa shape index (κ3) is 2.07. The summed E-state index contributed by atoms with van der Waals surface area (Å²) in [6.45, 7) is 2.32. The van der Waals surface area contributed by atoms with E-state index in [0.29, 0.717) is 12.3 Å². The van der Waals surface area contributed by atoms with E-state index in [4.69, 9.17) is 4.42 Å². The molecule has 1 amide bonds. The normalized spacial score (nSPS) is 10.9. The predicted molar refractivity (Wildman–Crippen MR) is 75.3 cm³/mol. The van der Waals surface area contributed by atoms with Crippen molar-refractivity contribution >= 4 is 16.9 Å². The number of aryl methyl sites for hydroxylation is 1. The highest BCUT2D eigenvalue weighted by molar-refractivity contribution is 5.98. The maximum Gasteiger partial charge on any atom is 0.290 e. The van der Waals surface area contributed by atoms with Crippen LogP contribution in [-0.4, -0.2) is 27.8 Å². The summed E-state index contributed by atoms with van der Waals surface area (Å²) >= 11 is 0. The molecule has 0 spiro atoms. The fraction of sp³-hybridized carbons (Fsp3) is 0.200. The van der Waals surface area contributed by atoms with Gasteiger partial charge < -0.3 is 14.3 Å². The number of hydrogen-bond donors (Lipinski definition) is 1. The number of imidazole rings is 1. The molecule has 0 aliphatic carbocycles. The lowest BCUT2D eigenvalue weighted by Crippen LogP contribution is -2.26. The van der Waals surface area contributed by atoms with E-state index in [0.717, 1.165) is 22.4 Å². The minimum absolute atomic E-state index is 0.143. The van der Waals surface area contributed by atoms with E-state index >= 15 is 0 Å². The van der Waals surface area contributed by atoms with Crippen LogP contribution < -0.4 is 0 Å². The van der Waals surface area contributed by atoms with E-state index in [1.165, 1.54) is 0 Å². The van der Waals surface area contributed by atoms with Gasteiger partial charge in [0.2, 0.25) is 0 Å². The second-order valence-corrected chi connectivity index (χ2v) is 4.75. The van der Waals surface area contributed by atoms with Gasteiger partial charge in [0.25, 0.3) is 5.91 Å². The Morgan fingerprint density at radius 2 is 2.20 bits per heavy atom. The van der Waals surface area contributed by atoms with Crippen molar-refractivity contribution in [3.63, 3.8) is 0 Å². The van der Waals surface area contributed by atoms with Crippen molar-refractivity contribution in [2.24, 2.45) is 0 Å². The van der Waals surface area contributed by atoms with Gasteiger partial charge in [0.05, 0.1) is 6.54 Å². The van der Waals surface area contributed by atoms with E-state index < -0.39 is 0 Å². The zero-order valence-electron chi connectivity index (χ0n) is 11.4. The summed E-state index contributed by atoms with van der Waals surface area (Å²) in [6, 6.07) is 7.65.